The highest BCUT2D eigenvalue weighted by Crippen LogP contribution is 2.32. The van der Waals surface area contributed by atoms with E-state index >= 15 is 0 Å². The van der Waals surface area contributed by atoms with E-state index in [1.54, 1.807) is 24.3 Å². The fourth-order valence-electron chi connectivity index (χ4n) is 2.86. The number of alkyl halides is 3. The van der Waals surface area contributed by atoms with Crippen molar-refractivity contribution in [2.75, 3.05) is 17.2 Å². The van der Waals surface area contributed by atoms with E-state index in [1.165, 1.54) is 12.1 Å². The van der Waals surface area contributed by atoms with E-state index in [2.05, 4.69) is 20.6 Å². The van der Waals surface area contributed by atoms with Gasteiger partial charge in [0, 0.05) is 18.5 Å². The largest absolute Gasteiger partial charge is 0.416 e. The van der Waals surface area contributed by atoms with Gasteiger partial charge in [0.25, 0.3) is 0 Å². The van der Waals surface area contributed by atoms with Crippen molar-refractivity contribution >= 4 is 40.8 Å². The third kappa shape index (κ3) is 6.66. The minimum absolute atomic E-state index is 0.120. The number of rotatable bonds is 9. The molecule has 0 radical (unpaired) electrons. The van der Waals surface area contributed by atoms with E-state index in [9.17, 15) is 13.2 Å². The Kier molecular flexibility index (Phi) is 7.88. The molecule has 6 nitrogen and oxygen atoms in total. The van der Waals surface area contributed by atoms with Gasteiger partial charge in [-0.2, -0.15) is 13.2 Å². The molecule has 0 atom stereocenters. The Hall–Kier alpha value is -3.17. The summed E-state index contributed by atoms with van der Waals surface area (Å²) in [5, 5.41) is 14.4. The van der Waals surface area contributed by atoms with E-state index in [0.29, 0.717) is 46.1 Å². The van der Waals surface area contributed by atoms with Crippen molar-refractivity contribution in [3.05, 3.63) is 70.5 Å². The molecule has 0 aliphatic rings. The van der Waals surface area contributed by atoms with Crippen LogP contribution in [0.3, 0.4) is 0 Å². The van der Waals surface area contributed by atoms with Crippen molar-refractivity contribution < 1.29 is 17.9 Å². The molecule has 0 bridgehead atoms. The highest BCUT2D eigenvalue weighted by atomic mass is 35.5. The molecule has 2 aromatic carbocycles. The fraction of sp³-hybridized carbons (Fsp3) is 0.261. The first-order chi connectivity index (χ1) is 15.7. The SMILES string of the molecule is CC(C)COCc1nc(Nc2ccc(C(F)(F)F)cc2)c(C=N)c(Nc2ccccc2Cl)n1. The Morgan fingerprint density at radius 3 is 2.24 bits per heavy atom. The second kappa shape index (κ2) is 10.6. The summed E-state index contributed by atoms with van der Waals surface area (Å²) in [4.78, 5) is 8.92. The molecule has 1 aromatic heterocycles. The highest BCUT2D eigenvalue weighted by Gasteiger charge is 2.30. The van der Waals surface area contributed by atoms with Gasteiger partial charge in [0.05, 0.1) is 21.8 Å². The Morgan fingerprint density at radius 1 is 1.03 bits per heavy atom. The van der Waals surface area contributed by atoms with Crippen molar-refractivity contribution in [2.45, 2.75) is 26.6 Å². The summed E-state index contributed by atoms with van der Waals surface area (Å²) in [5.41, 5.74) is 0.507. The summed E-state index contributed by atoms with van der Waals surface area (Å²) >= 11 is 6.25. The predicted octanol–water partition coefficient (Wildman–Crippen LogP) is 6.81. The second-order valence-electron chi connectivity index (χ2n) is 7.61. The van der Waals surface area contributed by atoms with Crippen LogP contribution >= 0.6 is 11.6 Å². The fourth-order valence-corrected chi connectivity index (χ4v) is 3.05. The zero-order valence-corrected chi connectivity index (χ0v) is 18.8. The molecule has 1 heterocycles. The number of hydrogen-bond donors (Lipinski definition) is 3. The van der Waals surface area contributed by atoms with Crippen molar-refractivity contribution in [3.8, 4) is 0 Å². The van der Waals surface area contributed by atoms with Crippen LogP contribution in [0.2, 0.25) is 5.02 Å². The van der Waals surface area contributed by atoms with Gasteiger partial charge in [-0.3, -0.25) is 0 Å². The summed E-state index contributed by atoms with van der Waals surface area (Å²) < 4.78 is 44.3. The smallest absolute Gasteiger partial charge is 0.373 e. The summed E-state index contributed by atoms with van der Waals surface area (Å²) in [5.74, 6) is 1.21. The van der Waals surface area contributed by atoms with Gasteiger partial charge in [-0.15, -0.1) is 0 Å². The van der Waals surface area contributed by atoms with Gasteiger partial charge in [0.1, 0.15) is 18.2 Å². The quantitative estimate of drug-likeness (QED) is 0.295. The van der Waals surface area contributed by atoms with Gasteiger partial charge in [-0.25, -0.2) is 9.97 Å². The molecular weight excluding hydrogens is 455 g/mol. The molecule has 0 aliphatic carbocycles. The predicted molar refractivity (Wildman–Crippen MR) is 124 cm³/mol. The maximum Gasteiger partial charge on any atom is 0.416 e. The molecule has 0 fully saturated rings. The number of para-hydroxylation sites is 1. The first-order valence-electron chi connectivity index (χ1n) is 10.1. The Labute approximate surface area is 194 Å². The van der Waals surface area contributed by atoms with Crippen molar-refractivity contribution in [1.29, 1.82) is 5.41 Å². The lowest BCUT2D eigenvalue weighted by Gasteiger charge is -2.16. The molecule has 10 heteroatoms. The molecule has 0 saturated heterocycles. The van der Waals surface area contributed by atoms with Crippen molar-refractivity contribution in [3.63, 3.8) is 0 Å². The zero-order valence-electron chi connectivity index (χ0n) is 18.0. The van der Waals surface area contributed by atoms with Crippen LogP contribution in [0.15, 0.2) is 48.5 Å². The first kappa shape index (κ1) is 24.5. The van der Waals surface area contributed by atoms with Crippen LogP contribution in [0.4, 0.5) is 36.2 Å². The number of ether oxygens (including phenoxy) is 1. The van der Waals surface area contributed by atoms with Gasteiger partial charge in [0.15, 0.2) is 5.82 Å². The van der Waals surface area contributed by atoms with Gasteiger partial charge in [0.2, 0.25) is 0 Å². The van der Waals surface area contributed by atoms with Crippen LogP contribution in [-0.2, 0) is 17.5 Å². The maximum atomic E-state index is 12.9. The van der Waals surface area contributed by atoms with Crippen LogP contribution in [0.5, 0.6) is 0 Å². The molecular formula is C23H23ClF3N5O. The average Bonchev–Trinajstić information content (AvgIpc) is 2.75. The van der Waals surface area contributed by atoms with Crippen LogP contribution < -0.4 is 10.6 Å². The molecule has 174 valence electrons. The molecule has 0 saturated carbocycles. The lowest BCUT2D eigenvalue weighted by atomic mass is 10.2. The summed E-state index contributed by atoms with van der Waals surface area (Å²) in [7, 11) is 0. The van der Waals surface area contributed by atoms with Crippen LogP contribution in [-0.4, -0.2) is 22.8 Å². The normalized spacial score (nSPS) is 11.5. The number of nitrogens with zero attached hydrogens (tertiary/aromatic N) is 2. The average molecular weight is 478 g/mol. The molecule has 3 aromatic rings. The number of benzene rings is 2. The number of nitrogens with one attached hydrogen (secondary N) is 3. The Morgan fingerprint density at radius 2 is 1.67 bits per heavy atom. The highest BCUT2D eigenvalue weighted by molar-refractivity contribution is 6.33. The minimum atomic E-state index is -4.43. The van der Waals surface area contributed by atoms with E-state index in [1.807, 2.05) is 13.8 Å². The van der Waals surface area contributed by atoms with Crippen molar-refractivity contribution in [1.82, 2.24) is 9.97 Å². The minimum Gasteiger partial charge on any atom is -0.373 e. The van der Waals surface area contributed by atoms with E-state index in [0.717, 1.165) is 18.3 Å². The summed E-state index contributed by atoms with van der Waals surface area (Å²) in [6.45, 7) is 4.65. The molecule has 0 unspecified atom stereocenters. The number of anilines is 4. The van der Waals surface area contributed by atoms with Gasteiger partial charge < -0.3 is 20.8 Å². The third-order valence-electron chi connectivity index (χ3n) is 4.42. The zero-order chi connectivity index (χ0) is 24.0. The molecule has 3 rings (SSSR count). The molecule has 3 N–H and O–H groups in total. The monoisotopic (exact) mass is 477 g/mol. The van der Waals surface area contributed by atoms with Crippen LogP contribution in [0, 0.1) is 11.3 Å². The van der Waals surface area contributed by atoms with E-state index in [-0.39, 0.29) is 12.4 Å². The van der Waals surface area contributed by atoms with E-state index in [4.69, 9.17) is 21.7 Å². The van der Waals surface area contributed by atoms with Crippen LogP contribution in [0.1, 0.15) is 30.8 Å². The van der Waals surface area contributed by atoms with Gasteiger partial charge >= 0.3 is 6.18 Å². The number of aromatic nitrogens is 2. The maximum absolute atomic E-state index is 12.9. The Balaban J connectivity index is 1.97. The van der Waals surface area contributed by atoms with E-state index < -0.39 is 11.7 Å². The molecule has 33 heavy (non-hydrogen) atoms. The lowest BCUT2D eigenvalue weighted by molar-refractivity contribution is -0.137. The lowest BCUT2D eigenvalue weighted by Crippen LogP contribution is -2.11. The number of hydrogen-bond acceptors (Lipinski definition) is 6. The summed E-state index contributed by atoms with van der Waals surface area (Å²) in [6.07, 6.45) is -3.37. The molecule has 0 spiro atoms. The first-order valence-corrected chi connectivity index (χ1v) is 10.5. The second-order valence-corrected chi connectivity index (χ2v) is 8.02. The molecule has 0 aliphatic heterocycles. The van der Waals surface area contributed by atoms with Crippen molar-refractivity contribution in [2.24, 2.45) is 5.92 Å². The number of halogens is 4. The standard InChI is InChI=1S/C23H23ClF3N5O/c1-14(2)12-33-13-20-31-21(29-16-9-7-15(8-10-16)23(25,26)27)17(11-28)22(32-20)30-19-6-4-3-5-18(19)24/h3-11,14,28H,12-13H2,1-2H3,(H2,29,30,31,32). The molecule has 0 amide bonds. The van der Waals surface area contributed by atoms with Gasteiger partial charge in [-0.05, 0) is 42.3 Å². The third-order valence-corrected chi connectivity index (χ3v) is 4.75. The van der Waals surface area contributed by atoms with Crippen LogP contribution in [0.25, 0.3) is 0 Å². The Bertz CT molecular complexity index is 1100. The topological polar surface area (TPSA) is 82.9 Å². The van der Waals surface area contributed by atoms with Gasteiger partial charge in [-0.1, -0.05) is 37.6 Å². The summed E-state index contributed by atoms with van der Waals surface area (Å²) in [6, 6.07) is 11.6.